The molecule has 0 bridgehead atoms. The molecular weight excluding hydrogens is 254 g/mol. The highest BCUT2D eigenvalue weighted by atomic mass is 32.1. The summed E-state index contributed by atoms with van der Waals surface area (Å²) in [6.07, 6.45) is 3.99. The fourth-order valence-corrected chi connectivity index (χ4v) is 3.03. The molecule has 0 aliphatic carbocycles. The fourth-order valence-electron chi connectivity index (χ4n) is 1.94. The molecular formula is C15H21N3S. The second kappa shape index (κ2) is 6.78. The summed E-state index contributed by atoms with van der Waals surface area (Å²) in [6, 6.07) is 4.11. The molecule has 3 nitrogen and oxygen atoms in total. The standard InChI is InChI=1S/C15H21N3S/c1-4-7-16-10-14-12(5-2)18-15(19-14)13-9-11(3)6-8-17-13/h6,8-9,16H,4-5,7,10H2,1-3H3. The Morgan fingerprint density at radius 1 is 1.32 bits per heavy atom. The van der Waals surface area contributed by atoms with Gasteiger partial charge in [-0.3, -0.25) is 4.98 Å². The lowest BCUT2D eigenvalue weighted by atomic mass is 10.2. The minimum atomic E-state index is 0.917. The van der Waals surface area contributed by atoms with E-state index in [1.165, 1.54) is 16.1 Å². The second-order valence-corrected chi connectivity index (χ2v) is 5.72. The maximum atomic E-state index is 4.73. The molecule has 2 aromatic heterocycles. The van der Waals surface area contributed by atoms with Crippen LogP contribution in [0.3, 0.4) is 0 Å². The zero-order valence-corrected chi connectivity index (χ0v) is 12.7. The summed E-state index contributed by atoms with van der Waals surface area (Å²) < 4.78 is 0. The molecule has 2 heterocycles. The first kappa shape index (κ1) is 14.2. The van der Waals surface area contributed by atoms with Gasteiger partial charge in [-0.25, -0.2) is 4.98 Å². The second-order valence-electron chi connectivity index (χ2n) is 4.64. The zero-order valence-electron chi connectivity index (χ0n) is 11.9. The molecule has 0 saturated carbocycles. The molecule has 0 atom stereocenters. The maximum Gasteiger partial charge on any atom is 0.142 e. The van der Waals surface area contributed by atoms with E-state index in [0.29, 0.717) is 0 Å². The highest BCUT2D eigenvalue weighted by Gasteiger charge is 2.11. The number of nitrogens with one attached hydrogen (secondary N) is 1. The molecule has 0 aliphatic rings. The number of thiazole rings is 1. The average Bonchev–Trinajstić information content (AvgIpc) is 2.82. The molecule has 2 aromatic rings. The van der Waals surface area contributed by atoms with Gasteiger partial charge < -0.3 is 5.32 Å². The highest BCUT2D eigenvalue weighted by molar-refractivity contribution is 7.15. The Labute approximate surface area is 119 Å². The number of aryl methyl sites for hydroxylation is 2. The van der Waals surface area contributed by atoms with Gasteiger partial charge >= 0.3 is 0 Å². The van der Waals surface area contributed by atoms with Crippen LogP contribution in [0.25, 0.3) is 10.7 Å². The van der Waals surface area contributed by atoms with Crippen LogP contribution in [0.1, 0.15) is 36.4 Å². The Kier molecular flexibility index (Phi) is 5.05. The summed E-state index contributed by atoms with van der Waals surface area (Å²) >= 11 is 1.76. The van der Waals surface area contributed by atoms with Crippen molar-refractivity contribution >= 4 is 11.3 Å². The van der Waals surface area contributed by atoms with E-state index >= 15 is 0 Å². The van der Waals surface area contributed by atoms with Crippen molar-refractivity contribution in [1.29, 1.82) is 0 Å². The van der Waals surface area contributed by atoms with Gasteiger partial charge in [-0.05, 0) is 44.0 Å². The van der Waals surface area contributed by atoms with E-state index in [1.54, 1.807) is 11.3 Å². The minimum absolute atomic E-state index is 0.917. The lowest BCUT2D eigenvalue weighted by molar-refractivity contribution is 0.677. The largest absolute Gasteiger partial charge is 0.312 e. The first-order valence-corrected chi connectivity index (χ1v) is 7.68. The highest BCUT2D eigenvalue weighted by Crippen LogP contribution is 2.27. The Hall–Kier alpha value is -1.26. The molecule has 19 heavy (non-hydrogen) atoms. The topological polar surface area (TPSA) is 37.8 Å². The van der Waals surface area contributed by atoms with Crippen molar-refractivity contribution in [2.24, 2.45) is 0 Å². The summed E-state index contributed by atoms with van der Waals surface area (Å²) in [4.78, 5) is 10.5. The van der Waals surface area contributed by atoms with Crippen molar-refractivity contribution < 1.29 is 0 Å². The van der Waals surface area contributed by atoms with Gasteiger partial charge in [0.25, 0.3) is 0 Å². The third-order valence-electron chi connectivity index (χ3n) is 2.96. The van der Waals surface area contributed by atoms with Crippen LogP contribution >= 0.6 is 11.3 Å². The Morgan fingerprint density at radius 2 is 2.16 bits per heavy atom. The molecule has 0 aromatic carbocycles. The predicted octanol–water partition coefficient (Wildman–Crippen LogP) is 3.58. The predicted molar refractivity (Wildman–Crippen MR) is 81.5 cm³/mol. The monoisotopic (exact) mass is 275 g/mol. The third kappa shape index (κ3) is 3.61. The number of aromatic nitrogens is 2. The lowest BCUT2D eigenvalue weighted by Crippen LogP contribution is -2.13. The van der Waals surface area contributed by atoms with Gasteiger partial charge in [0.05, 0.1) is 11.4 Å². The maximum absolute atomic E-state index is 4.73. The fraction of sp³-hybridized carbons (Fsp3) is 0.467. The molecule has 0 aliphatic heterocycles. The Morgan fingerprint density at radius 3 is 2.84 bits per heavy atom. The van der Waals surface area contributed by atoms with Crippen LogP contribution in [0, 0.1) is 6.92 Å². The quantitative estimate of drug-likeness (QED) is 0.819. The molecule has 1 N–H and O–H groups in total. The Balaban J connectivity index is 2.22. The number of nitrogens with zero attached hydrogens (tertiary/aromatic N) is 2. The number of rotatable bonds is 6. The molecule has 0 unspecified atom stereocenters. The van der Waals surface area contributed by atoms with E-state index < -0.39 is 0 Å². The minimum Gasteiger partial charge on any atom is -0.312 e. The molecule has 4 heteroatoms. The summed E-state index contributed by atoms with van der Waals surface area (Å²) in [5, 5.41) is 4.49. The van der Waals surface area contributed by atoms with Gasteiger partial charge in [0, 0.05) is 17.6 Å². The summed E-state index contributed by atoms with van der Waals surface area (Å²) in [7, 11) is 0. The van der Waals surface area contributed by atoms with Crippen LogP contribution < -0.4 is 5.32 Å². The molecule has 0 radical (unpaired) electrons. The van der Waals surface area contributed by atoms with Crippen LogP contribution in [0.15, 0.2) is 18.3 Å². The SMILES string of the molecule is CCCNCc1sc(-c2cc(C)ccn2)nc1CC. The van der Waals surface area contributed by atoms with E-state index in [9.17, 15) is 0 Å². The molecule has 0 amide bonds. The lowest BCUT2D eigenvalue weighted by Gasteiger charge is -2.01. The van der Waals surface area contributed by atoms with Crippen LogP contribution in [-0.2, 0) is 13.0 Å². The molecule has 0 fully saturated rings. The van der Waals surface area contributed by atoms with Crippen molar-refractivity contribution in [2.45, 2.75) is 40.2 Å². The first-order chi connectivity index (χ1) is 9.24. The van der Waals surface area contributed by atoms with Crippen molar-refractivity contribution in [3.8, 4) is 10.7 Å². The molecule has 0 saturated heterocycles. The van der Waals surface area contributed by atoms with E-state index in [4.69, 9.17) is 4.98 Å². The number of hydrogen-bond acceptors (Lipinski definition) is 4. The van der Waals surface area contributed by atoms with E-state index in [1.807, 2.05) is 12.3 Å². The summed E-state index contributed by atoms with van der Waals surface area (Å²) in [5.74, 6) is 0. The van der Waals surface area contributed by atoms with Crippen LogP contribution in [0.4, 0.5) is 0 Å². The molecule has 0 spiro atoms. The van der Waals surface area contributed by atoms with E-state index in [0.717, 1.165) is 36.6 Å². The van der Waals surface area contributed by atoms with Gasteiger partial charge in [0.2, 0.25) is 0 Å². The van der Waals surface area contributed by atoms with Crippen molar-refractivity contribution in [2.75, 3.05) is 6.54 Å². The van der Waals surface area contributed by atoms with Crippen molar-refractivity contribution in [1.82, 2.24) is 15.3 Å². The molecule has 102 valence electrons. The first-order valence-electron chi connectivity index (χ1n) is 6.87. The van der Waals surface area contributed by atoms with Crippen molar-refractivity contribution in [3.05, 3.63) is 34.5 Å². The van der Waals surface area contributed by atoms with Crippen LogP contribution in [0.2, 0.25) is 0 Å². The van der Waals surface area contributed by atoms with Gasteiger partial charge in [-0.1, -0.05) is 13.8 Å². The zero-order chi connectivity index (χ0) is 13.7. The van der Waals surface area contributed by atoms with Crippen LogP contribution in [-0.4, -0.2) is 16.5 Å². The summed E-state index contributed by atoms with van der Waals surface area (Å²) in [5.41, 5.74) is 3.41. The summed E-state index contributed by atoms with van der Waals surface area (Å²) in [6.45, 7) is 8.40. The number of hydrogen-bond donors (Lipinski definition) is 1. The third-order valence-corrected chi connectivity index (χ3v) is 4.08. The van der Waals surface area contributed by atoms with Crippen LogP contribution in [0.5, 0.6) is 0 Å². The van der Waals surface area contributed by atoms with E-state index in [2.05, 4.69) is 37.1 Å². The smallest absolute Gasteiger partial charge is 0.142 e. The van der Waals surface area contributed by atoms with Gasteiger partial charge in [-0.2, -0.15) is 0 Å². The van der Waals surface area contributed by atoms with Gasteiger partial charge in [-0.15, -0.1) is 11.3 Å². The number of pyridine rings is 1. The van der Waals surface area contributed by atoms with Gasteiger partial charge in [0.15, 0.2) is 0 Å². The molecule has 2 rings (SSSR count). The normalized spacial score (nSPS) is 10.9. The van der Waals surface area contributed by atoms with Gasteiger partial charge in [0.1, 0.15) is 5.01 Å². The average molecular weight is 275 g/mol. The Bertz CT molecular complexity index is 534. The van der Waals surface area contributed by atoms with Crippen molar-refractivity contribution in [3.63, 3.8) is 0 Å². The van der Waals surface area contributed by atoms with E-state index in [-0.39, 0.29) is 0 Å².